The minimum atomic E-state index is -0.204. The summed E-state index contributed by atoms with van der Waals surface area (Å²) in [4.78, 5) is 4.25. The Hall–Kier alpha value is -0.870. The van der Waals surface area contributed by atoms with E-state index in [1.54, 1.807) is 0 Å². The molecule has 0 aliphatic heterocycles. The van der Waals surface area contributed by atoms with Crippen molar-refractivity contribution < 1.29 is 5.11 Å². The van der Waals surface area contributed by atoms with Gasteiger partial charge < -0.3 is 15.0 Å². The van der Waals surface area contributed by atoms with Crippen LogP contribution in [0.15, 0.2) is 6.33 Å². The molecule has 86 valence electrons. The van der Waals surface area contributed by atoms with Crippen LogP contribution in [-0.2, 0) is 6.54 Å². The molecule has 1 atom stereocenters. The molecule has 1 rings (SSSR count). The van der Waals surface area contributed by atoms with Crippen LogP contribution in [0.25, 0.3) is 0 Å². The first-order valence-corrected chi connectivity index (χ1v) is 5.30. The van der Waals surface area contributed by atoms with Gasteiger partial charge in [-0.2, -0.15) is 0 Å². The first-order valence-electron chi connectivity index (χ1n) is 5.30. The number of imidazole rings is 1. The van der Waals surface area contributed by atoms with E-state index >= 15 is 0 Å². The van der Waals surface area contributed by atoms with Gasteiger partial charge in [-0.25, -0.2) is 4.98 Å². The lowest BCUT2D eigenvalue weighted by Gasteiger charge is -2.27. The third-order valence-electron chi connectivity index (χ3n) is 3.20. The Morgan fingerprint density at radius 3 is 2.60 bits per heavy atom. The summed E-state index contributed by atoms with van der Waals surface area (Å²) in [6.07, 6.45) is 2.74. The summed E-state index contributed by atoms with van der Waals surface area (Å²) in [6.45, 7) is 7.13. The first-order chi connectivity index (χ1) is 7.02. The highest BCUT2D eigenvalue weighted by Crippen LogP contribution is 2.12. The van der Waals surface area contributed by atoms with Crippen LogP contribution in [0.5, 0.6) is 0 Å². The van der Waals surface area contributed by atoms with Gasteiger partial charge >= 0.3 is 0 Å². The van der Waals surface area contributed by atoms with Gasteiger partial charge in [-0.15, -0.1) is 0 Å². The van der Waals surface area contributed by atoms with E-state index in [4.69, 9.17) is 0 Å². The molecular formula is C11H21N3O. The second-order valence-electron chi connectivity index (χ2n) is 4.33. The summed E-state index contributed by atoms with van der Waals surface area (Å²) in [6, 6.07) is 0. The Bertz CT molecular complexity index is 316. The molecule has 0 saturated carbocycles. The molecule has 1 aromatic heterocycles. The lowest BCUT2D eigenvalue weighted by Crippen LogP contribution is -2.44. The summed E-state index contributed by atoms with van der Waals surface area (Å²) < 4.78 is 2.13. The normalized spacial score (nSPS) is 15.3. The van der Waals surface area contributed by atoms with E-state index in [1.165, 1.54) is 5.69 Å². The van der Waals surface area contributed by atoms with Crippen molar-refractivity contribution in [3.63, 3.8) is 0 Å². The lowest BCUT2D eigenvalue weighted by molar-refractivity contribution is 0.168. The van der Waals surface area contributed by atoms with E-state index in [9.17, 15) is 5.11 Å². The van der Waals surface area contributed by atoms with Crippen LogP contribution < -0.4 is 5.32 Å². The van der Waals surface area contributed by atoms with Gasteiger partial charge in [-0.3, -0.25) is 0 Å². The average molecular weight is 211 g/mol. The summed E-state index contributed by atoms with van der Waals surface area (Å²) in [5.41, 5.74) is 2.07. The van der Waals surface area contributed by atoms with E-state index < -0.39 is 0 Å². The maximum Gasteiger partial charge on any atom is 0.0951 e. The number of aryl methyl sites for hydroxylation is 2. The molecule has 0 aromatic carbocycles. The van der Waals surface area contributed by atoms with Crippen molar-refractivity contribution in [1.29, 1.82) is 0 Å². The van der Waals surface area contributed by atoms with Crippen LogP contribution in [0.3, 0.4) is 0 Å². The van der Waals surface area contributed by atoms with Gasteiger partial charge in [0.25, 0.3) is 0 Å². The number of aliphatic hydroxyl groups is 1. The van der Waals surface area contributed by atoms with Crippen molar-refractivity contribution in [2.45, 2.75) is 39.3 Å². The largest absolute Gasteiger partial charge is 0.394 e. The lowest BCUT2D eigenvalue weighted by atomic mass is 9.99. The molecule has 1 heterocycles. The van der Waals surface area contributed by atoms with Crippen LogP contribution in [0.4, 0.5) is 0 Å². The van der Waals surface area contributed by atoms with E-state index in [-0.39, 0.29) is 12.1 Å². The maximum absolute atomic E-state index is 9.25. The molecule has 0 saturated heterocycles. The zero-order chi connectivity index (χ0) is 11.5. The smallest absolute Gasteiger partial charge is 0.0951 e. The maximum atomic E-state index is 9.25. The van der Waals surface area contributed by atoms with Crippen molar-refractivity contribution in [3.8, 4) is 0 Å². The number of aliphatic hydroxyl groups excluding tert-OH is 1. The third kappa shape index (κ3) is 2.79. The minimum Gasteiger partial charge on any atom is -0.394 e. The highest BCUT2D eigenvalue weighted by Gasteiger charge is 2.20. The fourth-order valence-electron chi connectivity index (χ4n) is 1.42. The minimum absolute atomic E-state index is 0.149. The highest BCUT2D eigenvalue weighted by atomic mass is 16.3. The van der Waals surface area contributed by atoms with Crippen LogP contribution in [0.1, 0.15) is 24.7 Å². The molecule has 4 nitrogen and oxygen atoms in total. The number of rotatable bonds is 5. The molecule has 0 spiro atoms. The molecule has 1 aromatic rings. The summed E-state index contributed by atoms with van der Waals surface area (Å²) >= 11 is 0. The molecule has 0 fully saturated rings. The topological polar surface area (TPSA) is 50.1 Å². The van der Waals surface area contributed by atoms with Crippen LogP contribution in [-0.4, -0.2) is 33.9 Å². The monoisotopic (exact) mass is 211 g/mol. The van der Waals surface area contributed by atoms with Crippen molar-refractivity contribution >= 4 is 0 Å². The Morgan fingerprint density at radius 2 is 2.20 bits per heavy atom. The Kier molecular flexibility index (Phi) is 3.88. The number of nitrogens with one attached hydrogen (secondary N) is 1. The van der Waals surface area contributed by atoms with Crippen LogP contribution in [0, 0.1) is 13.8 Å². The number of aromatic nitrogens is 2. The van der Waals surface area contributed by atoms with Crippen LogP contribution in [0.2, 0.25) is 0 Å². The SMILES string of the molecule is CNC(C)(CO)CCn1cnc(C)c1C. The van der Waals surface area contributed by atoms with Gasteiger partial charge in [-0.1, -0.05) is 0 Å². The van der Waals surface area contributed by atoms with E-state index in [0.29, 0.717) is 0 Å². The van der Waals surface area contributed by atoms with E-state index in [1.807, 2.05) is 27.2 Å². The molecule has 2 N–H and O–H groups in total. The van der Waals surface area contributed by atoms with Gasteiger partial charge in [0, 0.05) is 17.8 Å². The van der Waals surface area contributed by atoms with Crippen molar-refractivity contribution in [1.82, 2.24) is 14.9 Å². The van der Waals surface area contributed by atoms with Crippen molar-refractivity contribution in [2.75, 3.05) is 13.7 Å². The molecule has 0 amide bonds. The quantitative estimate of drug-likeness (QED) is 0.759. The highest BCUT2D eigenvalue weighted by molar-refractivity contribution is 5.08. The van der Waals surface area contributed by atoms with Crippen LogP contribution >= 0.6 is 0 Å². The Morgan fingerprint density at radius 1 is 1.53 bits per heavy atom. The molecule has 0 bridgehead atoms. The van der Waals surface area contributed by atoms with Gasteiger partial charge in [0.15, 0.2) is 0 Å². The first kappa shape index (κ1) is 12.2. The fraction of sp³-hybridized carbons (Fsp3) is 0.727. The predicted molar refractivity (Wildman–Crippen MR) is 60.9 cm³/mol. The molecular weight excluding hydrogens is 190 g/mol. The fourth-order valence-corrected chi connectivity index (χ4v) is 1.42. The molecule has 1 unspecified atom stereocenters. The van der Waals surface area contributed by atoms with Gasteiger partial charge in [0.05, 0.1) is 18.6 Å². The molecule has 0 aliphatic rings. The summed E-state index contributed by atoms with van der Waals surface area (Å²) in [7, 11) is 1.88. The third-order valence-corrected chi connectivity index (χ3v) is 3.20. The number of nitrogens with zero attached hydrogens (tertiary/aromatic N) is 2. The average Bonchev–Trinajstić information content (AvgIpc) is 2.57. The zero-order valence-electron chi connectivity index (χ0n) is 10.0. The van der Waals surface area contributed by atoms with Gasteiger partial charge in [0.1, 0.15) is 0 Å². The summed E-state index contributed by atoms with van der Waals surface area (Å²) in [5, 5.41) is 12.4. The molecule has 4 heteroatoms. The van der Waals surface area contributed by atoms with Gasteiger partial charge in [-0.05, 0) is 34.2 Å². The molecule has 0 aliphatic carbocycles. The molecule has 15 heavy (non-hydrogen) atoms. The van der Waals surface area contributed by atoms with Crippen molar-refractivity contribution in [3.05, 3.63) is 17.7 Å². The molecule has 0 radical (unpaired) electrons. The van der Waals surface area contributed by atoms with E-state index in [0.717, 1.165) is 18.7 Å². The second kappa shape index (κ2) is 4.77. The van der Waals surface area contributed by atoms with Gasteiger partial charge in [0.2, 0.25) is 0 Å². The zero-order valence-corrected chi connectivity index (χ0v) is 10.0. The van der Waals surface area contributed by atoms with Crippen molar-refractivity contribution in [2.24, 2.45) is 0 Å². The van der Waals surface area contributed by atoms with E-state index in [2.05, 4.69) is 21.8 Å². The number of hydrogen-bond donors (Lipinski definition) is 2. The number of likely N-dealkylation sites (N-methyl/N-ethyl adjacent to an activating group) is 1. The Labute approximate surface area is 91.3 Å². The predicted octanol–water partition coefficient (Wildman–Crippen LogP) is 0.860. The Balaban J connectivity index is 2.60. The number of hydrogen-bond acceptors (Lipinski definition) is 3. The second-order valence-corrected chi connectivity index (χ2v) is 4.33. The summed E-state index contributed by atoms with van der Waals surface area (Å²) in [5.74, 6) is 0. The standard InChI is InChI=1S/C11H21N3O/c1-9-10(2)14(8-13-9)6-5-11(3,7-15)12-4/h8,12,15H,5-7H2,1-4H3.